The van der Waals surface area contributed by atoms with Crippen molar-refractivity contribution >= 4 is 28.5 Å². The molecule has 3 aromatic heterocycles. The first kappa shape index (κ1) is 21.3. The summed E-state index contributed by atoms with van der Waals surface area (Å²) >= 11 is 0. The molecule has 10 heteroatoms. The summed E-state index contributed by atoms with van der Waals surface area (Å²) in [6, 6.07) is 4.11. The quantitative estimate of drug-likeness (QED) is 0.524. The highest BCUT2D eigenvalue weighted by atomic mass is 16.5. The van der Waals surface area contributed by atoms with Crippen molar-refractivity contribution in [3.63, 3.8) is 0 Å². The van der Waals surface area contributed by atoms with E-state index in [2.05, 4.69) is 27.4 Å². The summed E-state index contributed by atoms with van der Waals surface area (Å²) in [5.74, 6) is 1.97. The number of nitrogens with zero attached hydrogens (tertiary/aromatic N) is 6. The maximum Gasteiger partial charge on any atom is 0.228 e. The summed E-state index contributed by atoms with van der Waals surface area (Å²) in [4.78, 5) is 16.3. The Morgan fingerprint density at radius 2 is 2.16 bits per heavy atom. The molecular formula is C21H30N8O2. The number of ether oxygens (including phenoxy) is 2. The minimum atomic E-state index is 0.380. The van der Waals surface area contributed by atoms with Crippen LogP contribution in [0.1, 0.15) is 19.5 Å². The minimum Gasteiger partial charge on any atom is -0.481 e. The molecule has 0 aliphatic carbocycles. The molecule has 0 bridgehead atoms. The van der Waals surface area contributed by atoms with Crippen molar-refractivity contribution in [2.45, 2.75) is 33.4 Å². The normalized spacial score (nSPS) is 16.6. The van der Waals surface area contributed by atoms with Gasteiger partial charge in [-0.1, -0.05) is 0 Å². The van der Waals surface area contributed by atoms with Gasteiger partial charge in [-0.15, -0.1) is 0 Å². The van der Waals surface area contributed by atoms with Crippen LogP contribution in [0, 0.1) is 6.92 Å². The number of fused-ring (bicyclic) bond motifs is 1. The maximum absolute atomic E-state index is 5.55. The number of pyridine rings is 1. The Hall–Kier alpha value is -2.98. The van der Waals surface area contributed by atoms with Crippen molar-refractivity contribution in [2.75, 3.05) is 50.2 Å². The van der Waals surface area contributed by atoms with Crippen molar-refractivity contribution in [1.29, 1.82) is 0 Å². The zero-order valence-electron chi connectivity index (χ0n) is 18.6. The molecule has 31 heavy (non-hydrogen) atoms. The lowest BCUT2D eigenvalue weighted by Crippen LogP contribution is -2.49. The van der Waals surface area contributed by atoms with Gasteiger partial charge in [0, 0.05) is 38.3 Å². The van der Waals surface area contributed by atoms with Gasteiger partial charge in [0.25, 0.3) is 0 Å². The molecule has 0 radical (unpaired) electrons. The van der Waals surface area contributed by atoms with Crippen LogP contribution in [0.3, 0.4) is 0 Å². The van der Waals surface area contributed by atoms with E-state index in [0.717, 1.165) is 42.0 Å². The van der Waals surface area contributed by atoms with Crippen molar-refractivity contribution < 1.29 is 9.47 Å². The number of hydrogen-bond donors (Lipinski definition) is 2. The minimum absolute atomic E-state index is 0.380. The van der Waals surface area contributed by atoms with E-state index in [1.807, 2.05) is 30.7 Å². The second-order valence-electron chi connectivity index (χ2n) is 7.59. The van der Waals surface area contributed by atoms with Gasteiger partial charge in [0.1, 0.15) is 11.0 Å². The van der Waals surface area contributed by atoms with Gasteiger partial charge in [0.2, 0.25) is 11.8 Å². The molecule has 1 aliphatic heterocycles. The Balaban J connectivity index is 1.76. The lowest BCUT2D eigenvalue weighted by molar-refractivity contribution is 0.137. The Kier molecular flexibility index (Phi) is 6.47. The fourth-order valence-corrected chi connectivity index (χ4v) is 3.73. The molecule has 1 atom stereocenters. The van der Waals surface area contributed by atoms with E-state index >= 15 is 0 Å². The van der Waals surface area contributed by atoms with Crippen molar-refractivity contribution in [3.05, 3.63) is 24.0 Å². The molecule has 0 aromatic carbocycles. The molecule has 0 saturated carbocycles. The van der Waals surface area contributed by atoms with Gasteiger partial charge in [-0.25, -0.2) is 9.97 Å². The Morgan fingerprint density at radius 3 is 2.87 bits per heavy atom. The van der Waals surface area contributed by atoms with Crippen LogP contribution < -0.4 is 20.3 Å². The van der Waals surface area contributed by atoms with E-state index in [0.29, 0.717) is 43.4 Å². The Labute approximate surface area is 182 Å². The fraction of sp³-hybridized carbons (Fsp3) is 0.524. The maximum atomic E-state index is 5.55. The number of piperazine rings is 1. The number of nitrogens with one attached hydrogen (secondary N) is 2. The third-order valence-corrected chi connectivity index (χ3v) is 5.26. The molecule has 0 spiro atoms. The van der Waals surface area contributed by atoms with Crippen molar-refractivity contribution in [1.82, 2.24) is 30.0 Å². The Morgan fingerprint density at radius 1 is 1.29 bits per heavy atom. The molecular weight excluding hydrogens is 396 g/mol. The van der Waals surface area contributed by atoms with Gasteiger partial charge in [-0.2, -0.15) is 10.1 Å². The average Bonchev–Trinajstić information content (AvgIpc) is 3.10. The second kappa shape index (κ2) is 9.44. The van der Waals surface area contributed by atoms with Gasteiger partial charge in [-0.05, 0) is 26.8 Å². The van der Waals surface area contributed by atoms with Crippen LogP contribution in [-0.2, 0) is 11.3 Å². The van der Waals surface area contributed by atoms with Crippen LogP contribution in [-0.4, -0.2) is 70.7 Å². The summed E-state index contributed by atoms with van der Waals surface area (Å²) in [5, 5.41) is 11.6. The largest absolute Gasteiger partial charge is 0.481 e. The fourth-order valence-electron chi connectivity index (χ4n) is 3.73. The number of rotatable bonds is 8. The van der Waals surface area contributed by atoms with Crippen LogP contribution in [0.15, 0.2) is 18.3 Å². The van der Waals surface area contributed by atoms with Crippen LogP contribution in [0.5, 0.6) is 5.88 Å². The van der Waals surface area contributed by atoms with Gasteiger partial charge in [0.15, 0.2) is 5.82 Å². The summed E-state index contributed by atoms with van der Waals surface area (Å²) in [7, 11) is 1.60. The van der Waals surface area contributed by atoms with Crippen molar-refractivity contribution in [3.8, 4) is 5.88 Å². The predicted molar refractivity (Wildman–Crippen MR) is 120 cm³/mol. The smallest absolute Gasteiger partial charge is 0.228 e. The number of hydrogen-bond acceptors (Lipinski definition) is 9. The third-order valence-electron chi connectivity index (χ3n) is 5.26. The van der Waals surface area contributed by atoms with Crippen LogP contribution in [0.2, 0.25) is 0 Å². The summed E-state index contributed by atoms with van der Waals surface area (Å²) in [6.07, 6.45) is 1.73. The first-order valence-electron chi connectivity index (χ1n) is 10.7. The average molecular weight is 427 g/mol. The first-order chi connectivity index (χ1) is 15.1. The van der Waals surface area contributed by atoms with Crippen LogP contribution in [0.25, 0.3) is 11.0 Å². The molecule has 0 amide bonds. The molecule has 3 aromatic rings. The van der Waals surface area contributed by atoms with Crippen LogP contribution >= 0.6 is 0 Å². The van der Waals surface area contributed by atoms with E-state index in [9.17, 15) is 0 Å². The SMILES string of the molecule is CCOCCn1nc(C)c2nc(N3CCN[C@H](C)C3)nc(Nc3ccc(OC)nc3)c21. The number of anilines is 3. The van der Waals surface area contributed by atoms with E-state index < -0.39 is 0 Å². The summed E-state index contributed by atoms with van der Waals surface area (Å²) in [6.45, 7) is 10.6. The highest BCUT2D eigenvalue weighted by Gasteiger charge is 2.23. The zero-order chi connectivity index (χ0) is 21.8. The molecule has 10 nitrogen and oxygen atoms in total. The predicted octanol–water partition coefficient (Wildman–Crippen LogP) is 2.12. The van der Waals surface area contributed by atoms with Gasteiger partial charge in [-0.3, -0.25) is 4.68 Å². The van der Waals surface area contributed by atoms with Crippen molar-refractivity contribution in [2.24, 2.45) is 0 Å². The molecule has 1 aliphatic rings. The number of methoxy groups -OCH3 is 1. The van der Waals surface area contributed by atoms with E-state index in [1.54, 1.807) is 13.3 Å². The summed E-state index contributed by atoms with van der Waals surface area (Å²) in [5.41, 5.74) is 3.39. The summed E-state index contributed by atoms with van der Waals surface area (Å²) < 4.78 is 12.6. The lowest BCUT2D eigenvalue weighted by Gasteiger charge is -2.32. The highest BCUT2D eigenvalue weighted by Crippen LogP contribution is 2.29. The lowest BCUT2D eigenvalue weighted by atomic mass is 10.2. The molecule has 1 saturated heterocycles. The van der Waals surface area contributed by atoms with E-state index in [1.165, 1.54) is 0 Å². The molecule has 0 unspecified atom stereocenters. The second-order valence-corrected chi connectivity index (χ2v) is 7.59. The third kappa shape index (κ3) is 4.70. The standard InChI is InChI=1S/C21H30N8O2/c1-5-31-11-10-29-19-18(15(3)27-29)25-21(28-9-8-22-14(2)13-28)26-20(19)24-16-6-7-17(30-4)23-12-16/h6-7,12,14,22H,5,8-11,13H2,1-4H3,(H,24,25,26)/t14-/m1/s1. The zero-order valence-corrected chi connectivity index (χ0v) is 18.6. The van der Waals surface area contributed by atoms with E-state index in [-0.39, 0.29) is 0 Å². The van der Waals surface area contributed by atoms with Gasteiger partial charge < -0.3 is 25.0 Å². The Bertz CT molecular complexity index is 1020. The number of aromatic nitrogens is 5. The highest BCUT2D eigenvalue weighted by molar-refractivity contribution is 5.90. The molecule has 4 rings (SSSR count). The molecule has 1 fully saturated rings. The van der Waals surface area contributed by atoms with Crippen LogP contribution in [0.4, 0.5) is 17.5 Å². The first-order valence-corrected chi connectivity index (χ1v) is 10.7. The van der Waals surface area contributed by atoms with E-state index in [4.69, 9.17) is 24.5 Å². The molecule has 4 heterocycles. The molecule has 2 N–H and O–H groups in total. The molecule has 166 valence electrons. The topological polar surface area (TPSA) is 102 Å². The monoisotopic (exact) mass is 426 g/mol. The van der Waals surface area contributed by atoms with Gasteiger partial charge >= 0.3 is 0 Å². The number of aryl methyl sites for hydroxylation is 1. The van der Waals surface area contributed by atoms with Gasteiger partial charge in [0.05, 0.1) is 37.8 Å².